The first kappa shape index (κ1) is 13.7. The molecule has 0 fully saturated rings. The molecule has 2 aromatic carbocycles. The number of hydrogen-bond acceptors (Lipinski definition) is 3. The van der Waals surface area contributed by atoms with E-state index >= 15 is 0 Å². The minimum absolute atomic E-state index is 0.129. The van der Waals surface area contributed by atoms with E-state index in [1.807, 2.05) is 18.2 Å². The average Bonchev–Trinajstić information content (AvgIpc) is 2.46. The first-order valence-electron chi connectivity index (χ1n) is 6.59. The highest BCUT2D eigenvalue weighted by atomic mass is 16.5. The third-order valence-electron chi connectivity index (χ3n) is 3.49. The van der Waals surface area contributed by atoms with Gasteiger partial charge in [0.05, 0.1) is 14.2 Å². The Kier molecular flexibility index (Phi) is 4.27. The van der Waals surface area contributed by atoms with E-state index in [2.05, 4.69) is 19.1 Å². The van der Waals surface area contributed by atoms with Crippen molar-refractivity contribution in [3.8, 4) is 11.5 Å². The van der Waals surface area contributed by atoms with Crippen LogP contribution in [0.1, 0.15) is 18.9 Å². The van der Waals surface area contributed by atoms with Gasteiger partial charge < -0.3 is 15.2 Å². The Morgan fingerprint density at radius 2 is 1.89 bits per heavy atom. The van der Waals surface area contributed by atoms with E-state index in [0.717, 1.165) is 35.3 Å². The number of benzene rings is 2. The summed E-state index contributed by atoms with van der Waals surface area (Å²) in [5.41, 5.74) is 7.25. The smallest absolute Gasteiger partial charge is 0.164 e. The van der Waals surface area contributed by atoms with Crippen molar-refractivity contribution in [2.75, 3.05) is 14.2 Å². The van der Waals surface area contributed by atoms with Crippen LogP contribution in [0.4, 0.5) is 0 Å². The molecule has 1 unspecified atom stereocenters. The number of nitrogens with two attached hydrogens (primary N) is 1. The van der Waals surface area contributed by atoms with Crippen molar-refractivity contribution < 1.29 is 9.47 Å². The highest BCUT2D eigenvalue weighted by Gasteiger charge is 2.16. The number of rotatable bonds is 5. The molecule has 2 rings (SSSR count). The summed E-state index contributed by atoms with van der Waals surface area (Å²) in [5, 5.41) is 2.34. The molecule has 0 aromatic heterocycles. The van der Waals surface area contributed by atoms with Gasteiger partial charge in [-0.05, 0) is 29.7 Å². The van der Waals surface area contributed by atoms with Crippen molar-refractivity contribution in [3.05, 3.63) is 35.9 Å². The fourth-order valence-electron chi connectivity index (χ4n) is 2.36. The van der Waals surface area contributed by atoms with Gasteiger partial charge in [-0.15, -0.1) is 0 Å². The van der Waals surface area contributed by atoms with Gasteiger partial charge in [0.2, 0.25) is 0 Å². The Morgan fingerprint density at radius 1 is 1.16 bits per heavy atom. The van der Waals surface area contributed by atoms with Gasteiger partial charge in [0.1, 0.15) is 0 Å². The van der Waals surface area contributed by atoms with Crippen molar-refractivity contribution in [2.24, 2.45) is 5.73 Å². The van der Waals surface area contributed by atoms with Gasteiger partial charge in [0.25, 0.3) is 0 Å². The molecule has 0 saturated heterocycles. The third kappa shape index (κ3) is 2.66. The number of ether oxygens (including phenoxy) is 2. The second-order valence-electron chi connectivity index (χ2n) is 4.68. The first-order valence-corrected chi connectivity index (χ1v) is 6.59. The predicted molar refractivity (Wildman–Crippen MR) is 79.0 cm³/mol. The third-order valence-corrected chi connectivity index (χ3v) is 3.49. The molecule has 0 spiro atoms. The zero-order chi connectivity index (χ0) is 13.8. The first-order chi connectivity index (χ1) is 9.21. The second-order valence-corrected chi connectivity index (χ2v) is 4.68. The van der Waals surface area contributed by atoms with Crippen LogP contribution in [0.5, 0.6) is 11.5 Å². The largest absolute Gasteiger partial charge is 0.493 e. The topological polar surface area (TPSA) is 44.5 Å². The molecule has 0 bridgehead atoms. The van der Waals surface area contributed by atoms with E-state index in [0.29, 0.717) is 0 Å². The van der Waals surface area contributed by atoms with Crippen molar-refractivity contribution in [1.82, 2.24) is 0 Å². The van der Waals surface area contributed by atoms with E-state index in [-0.39, 0.29) is 6.04 Å². The molecule has 2 aromatic rings. The average molecular weight is 259 g/mol. The molecule has 0 heterocycles. The van der Waals surface area contributed by atoms with Gasteiger partial charge >= 0.3 is 0 Å². The monoisotopic (exact) mass is 259 g/mol. The van der Waals surface area contributed by atoms with Crippen LogP contribution in [0.25, 0.3) is 10.8 Å². The Morgan fingerprint density at radius 3 is 2.53 bits per heavy atom. The summed E-state index contributed by atoms with van der Waals surface area (Å²) in [6.07, 6.45) is 1.73. The fourth-order valence-corrected chi connectivity index (χ4v) is 2.36. The van der Waals surface area contributed by atoms with E-state index in [4.69, 9.17) is 15.2 Å². The molecule has 3 heteroatoms. The molecular weight excluding hydrogens is 238 g/mol. The molecule has 0 aliphatic heterocycles. The van der Waals surface area contributed by atoms with Crippen LogP contribution in [0.2, 0.25) is 0 Å². The predicted octanol–water partition coefficient (Wildman–Crippen LogP) is 3.14. The minimum Gasteiger partial charge on any atom is -0.493 e. The Bertz CT molecular complexity index is 566. The van der Waals surface area contributed by atoms with Crippen molar-refractivity contribution in [3.63, 3.8) is 0 Å². The summed E-state index contributed by atoms with van der Waals surface area (Å²) < 4.78 is 11.0. The van der Waals surface area contributed by atoms with Crippen LogP contribution in [0, 0.1) is 0 Å². The van der Waals surface area contributed by atoms with Crippen LogP contribution < -0.4 is 15.2 Å². The molecule has 0 aliphatic rings. The van der Waals surface area contributed by atoms with Gasteiger partial charge in [-0.2, -0.15) is 0 Å². The van der Waals surface area contributed by atoms with E-state index in [1.54, 1.807) is 14.2 Å². The van der Waals surface area contributed by atoms with Crippen molar-refractivity contribution in [1.29, 1.82) is 0 Å². The van der Waals surface area contributed by atoms with E-state index in [9.17, 15) is 0 Å². The molecule has 3 nitrogen and oxygen atoms in total. The molecule has 0 saturated carbocycles. The maximum absolute atomic E-state index is 6.11. The molecule has 102 valence electrons. The molecule has 0 aliphatic carbocycles. The van der Waals surface area contributed by atoms with Crippen LogP contribution >= 0.6 is 0 Å². The molecule has 0 radical (unpaired) electrons. The summed E-state index contributed by atoms with van der Waals surface area (Å²) in [6.45, 7) is 2.10. The second kappa shape index (κ2) is 5.93. The molecule has 0 amide bonds. The van der Waals surface area contributed by atoms with Gasteiger partial charge in [-0.25, -0.2) is 0 Å². The lowest BCUT2D eigenvalue weighted by Crippen LogP contribution is -2.22. The normalized spacial score (nSPS) is 12.4. The lowest BCUT2D eigenvalue weighted by molar-refractivity contribution is 0.352. The standard InChI is InChI=1S/C16H21NO2/c1-4-12(17)10-14-13-8-6-5-7-11(13)9-15(18-2)16(14)19-3/h5-9,12H,4,10,17H2,1-3H3. The Labute approximate surface area is 114 Å². The maximum atomic E-state index is 6.11. The SMILES string of the molecule is CCC(N)Cc1c(OC)c(OC)cc2ccccc12. The van der Waals surface area contributed by atoms with Crippen LogP contribution in [0.3, 0.4) is 0 Å². The molecule has 19 heavy (non-hydrogen) atoms. The van der Waals surface area contributed by atoms with E-state index in [1.165, 1.54) is 5.39 Å². The van der Waals surface area contributed by atoms with Gasteiger partial charge in [-0.3, -0.25) is 0 Å². The van der Waals surface area contributed by atoms with Crippen molar-refractivity contribution >= 4 is 10.8 Å². The lowest BCUT2D eigenvalue weighted by Gasteiger charge is -2.18. The maximum Gasteiger partial charge on any atom is 0.164 e. The quantitative estimate of drug-likeness (QED) is 0.897. The van der Waals surface area contributed by atoms with Crippen LogP contribution in [-0.2, 0) is 6.42 Å². The number of methoxy groups -OCH3 is 2. The van der Waals surface area contributed by atoms with Crippen LogP contribution in [-0.4, -0.2) is 20.3 Å². The summed E-state index contributed by atoms with van der Waals surface area (Å²) in [7, 11) is 3.34. The van der Waals surface area contributed by atoms with Crippen molar-refractivity contribution in [2.45, 2.75) is 25.8 Å². The number of hydrogen-bond donors (Lipinski definition) is 1. The Balaban J connectivity index is 2.66. The highest BCUT2D eigenvalue weighted by molar-refractivity contribution is 5.90. The van der Waals surface area contributed by atoms with Gasteiger partial charge in [-0.1, -0.05) is 31.2 Å². The molecule has 1 atom stereocenters. The summed E-state index contributed by atoms with van der Waals surface area (Å²) >= 11 is 0. The fraction of sp³-hybridized carbons (Fsp3) is 0.375. The minimum atomic E-state index is 0.129. The van der Waals surface area contributed by atoms with Crippen LogP contribution in [0.15, 0.2) is 30.3 Å². The zero-order valence-electron chi connectivity index (χ0n) is 11.8. The van der Waals surface area contributed by atoms with Gasteiger partial charge in [0.15, 0.2) is 11.5 Å². The number of fused-ring (bicyclic) bond motifs is 1. The summed E-state index contributed by atoms with van der Waals surface area (Å²) in [6, 6.07) is 10.4. The summed E-state index contributed by atoms with van der Waals surface area (Å²) in [5.74, 6) is 1.56. The lowest BCUT2D eigenvalue weighted by atomic mass is 9.96. The summed E-state index contributed by atoms with van der Waals surface area (Å²) in [4.78, 5) is 0. The molecular formula is C16H21NO2. The Hall–Kier alpha value is -1.74. The van der Waals surface area contributed by atoms with E-state index < -0.39 is 0 Å². The van der Waals surface area contributed by atoms with Gasteiger partial charge in [0, 0.05) is 11.6 Å². The molecule has 2 N–H and O–H groups in total. The zero-order valence-corrected chi connectivity index (χ0v) is 11.8. The highest BCUT2D eigenvalue weighted by Crippen LogP contribution is 2.38.